The van der Waals surface area contributed by atoms with Crippen LogP contribution in [0.25, 0.3) is 5.65 Å². The topological polar surface area (TPSA) is 80.9 Å². The first-order chi connectivity index (χ1) is 10.0. The van der Waals surface area contributed by atoms with Gasteiger partial charge in [-0.25, -0.2) is 9.97 Å². The van der Waals surface area contributed by atoms with Gasteiger partial charge in [-0.2, -0.15) is 17.7 Å². The molecule has 0 aliphatic carbocycles. The standard InChI is InChI=1S/C11H8F3N7/c12-11(13,14)10-19-18-9-2-1-8(20-21(9)10)16-5-7-3-4-15-6-17-7/h1-4,6H,5H2,(H,16,20). The molecule has 0 amide bonds. The highest BCUT2D eigenvalue weighted by Gasteiger charge is 2.37. The van der Waals surface area contributed by atoms with Crippen LogP contribution in [0.5, 0.6) is 0 Å². The minimum Gasteiger partial charge on any atom is -0.363 e. The Balaban J connectivity index is 1.87. The largest absolute Gasteiger partial charge is 0.453 e. The van der Waals surface area contributed by atoms with Gasteiger partial charge in [0.25, 0.3) is 5.82 Å². The number of aromatic nitrogens is 6. The highest BCUT2D eigenvalue weighted by Crippen LogP contribution is 2.27. The van der Waals surface area contributed by atoms with Crippen molar-refractivity contribution in [1.82, 2.24) is 29.8 Å². The summed E-state index contributed by atoms with van der Waals surface area (Å²) in [4.78, 5) is 7.76. The smallest absolute Gasteiger partial charge is 0.363 e. The maximum atomic E-state index is 12.7. The minimum absolute atomic E-state index is 0.0231. The second kappa shape index (κ2) is 4.96. The van der Waals surface area contributed by atoms with Gasteiger partial charge < -0.3 is 5.32 Å². The van der Waals surface area contributed by atoms with Crippen LogP contribution in [0.2, 0.25) is 0 Å². The summed E-state index contributed by atoms with van der Waals surface area (Å²) in [6.45, 7) is 0.310. The van der Waals surface area contributed by atoms with E-state index in [-0.39, 0.29) is 11.5 Å². The Labute approximate surface area is 115 Å². The van der Waals surface area contributed by atoms with Gasteiger partial charge in [0, 0.05) is 6.20 Å². The zero-order valence-electron chi connectivity index (χ0n) is 10.4. The molecule has 21 heavy (non-hydrogen) atoms. The van der Waals surface area contributed by atoms with Gasteiger partial charge in [0.2, 0.25) is 0 Å². The molecule has 3 heterocycles. The number of nitrogens with one attached hydrogen (secondary N) is 1. The molecule has 3 aromatic heterocycles. The first kappa shape index (κ1) is 13.2. The summed E-state index contributed by atoms with van der Waals surface area (Å²) in [5.41, 5.74) is 0.710. The van der Waals surface area contributed by atoms with Crippen molar-refractivity contribution >= 4 is 11.5 Å². The van der Waals surface area contributed by atoms with E-state index >= 15 is 0 Å². The van der Waals surface area contributed by atoms with E-state index in [0.717, 1.165) is 0 Å². The summed E-state index contributed by atoms with van der Waals surface area (Å²) < 4.78 is 38.9. The van der Waals surface area contributed by atoms with Crippen LogP contribution >= 0.6 is 0 Å². The molecule has 3 aromatic rings. The van der Waals surface area contributed by atoms with Crippen molar-refractivity contribution in [1.29, 1.82) is 0 Å². The van der Waals surface area contributed by atoms with Crippen molar-refractivity contribution in [2.24, 2.45) is 0 Å². The van der Waals surface area contributed by atoms with Crippen molar-refractivity contribution < 1.29 is 13.2 Å². The van der Waals surface area contributed by atoms with Crippen LogP contribution in [0.4, 0.5) is 19.0 Å². The second-order valence-corrected chi connectivity index (χ2v) is 4.06. The van der Waals surface area contributed by atoms with Crippen molar-refractivity contribution in [3.8, 4) is 0 Å². The lowest BCUT2D eigenvalue weighted by Gasteiger charge is -2.06. The summed E-state index contributed by atoms with van der Waals surface area (Å²) in [6.07, 6.45) is -1.66. The van der Waals surface area contributed by atoms with Crippen LogP contribution in [-0.4, -0.2) is 29.8 Å². The SMILES string of the molecule is FC(F)(F)c1nnc2ccc(NCc3ccncn3)nn12. The van der Waals surface area contributed by atoms with Crippen molar-refractivity contribution in [3.05, 3.63) is 42.2 Å². The van der Waals surface area contributed by atoms with E-state index in [9.17, 15) is 13.2 Å². The van der Waals surface area contributed by atoms with Crippen molar-refractivity contribution in [3.63, 3.8) is 0 Å². The molecule has 7 nitrogen and oxygen atoms in total. The molecule has 0 fully saturated rings. The average molecular weight is 295 g/mol. The molecule has 1 N–H and O–H groups in total. The van der Waals surface area contributed by atoms with Gasteiger partial charge in [0.05, 0.1) is 12.2 Å². The second-order valence-electron chi connectivity index (χ2n) is 4.06. The first-order valence-corrected chi connectivity index (χ1v) is 5.82. The fourth-order valence-corrected chi connectivity index (χ4v) is 1.66. The lowest BCUT2D eigenvalue weighted by atomic mass is 10.4. The number of hydrogen-bond donors (Lipinski definition) is 1. The Hall–Kier alpha value is -2.78. The molecule has 10 heteroatoms. The summed E-state index contributed by atoms with van der Waals surface area (Å²) in [5.74, 6) is -0.908. The lowest BCUT2D eigenvalue weighted by molar-refractivity contribution is -0.146. The average Bonchev–Trinajstić information content (AvgIpc) is 2.89. The van der Waals surface area contributed by atoms with Crippen LogP contribution < -0.4 is 5.32 Å². The molecule has 3 rings (SSSR count). The molecule has 0 aliphatic rings. The lowest BCUT2D eigenvalue weighted by Crippen LogP contribution is -2.13. The van der Waals surface area contributed by atoms with Gasteiger partial charge in [-0.15, -0.1) is 15.3 Å². The third-order valence-electron chi connectivity index (χ3n) is 2.61. The maximum absolute atomic E-state index is 12.7. The van der Waals surface area contributed by atoms with Crippen LogP contribution in [0, 0.1) is 0 Å². The van der Waals surface area contributed by atoms with Gasteiger partial charge in [-0.05, 0) is 18.2 Å². The van der Waals surface area contributed by atoms with Crippen molar-refractivity contribution in [2.75, 3.05) is 5.32 Å². The van der Waals surface area contributed by atoms with E-state index < -0.39 is 12.0 Å². The van der Waals surface area contributed by atoms with E-state index in [1.807, 2.05) is 0 Å². The molecule has 0 saturated carbocycles. The fourth-order valence-electron chi connectivity index (χ4n) is 1.66. The Bertz CT molecular complexity index is 753. The molecule has 0 unspecified atom stereocenters. The molecule has 0 atom stereocenters. The number of anilines is 1. The Kier molecular flexibility index (Phi) is 3.12. The van der Waals surface area contributed by atoms with Gasteiger partial charge in [-0.1, -0.05) is 0 Å². The molecule has 0 aliphatic heterocycles. The molecule has 108 valence electrons. The first-order valence-electron chi connectivity index (χ1n) is 5.82. The minimum atomic E-state index is -4.61. The number of hydrogen-bond acceptors (Lipinski definition) is 6. The summed E-state index contributed by atoms with van der Waals surface area (Å²) >= 11 is 0. The monoisotopic (exact) mass is 295 g/mol. The number of rotatable bonds is 3. The van der Waals surface area contributed by atoms with Gasteiger partial charge in [-0.3, -0.25) is 0 Å². The van der Waals surface area contributed by atoms with Crippen LogP contribution in [0.1, 0.15) is 11.5 Å². The predicted octanol–water partition coefficient (Wildman–Crippen LogP) is 1.55. The quantitative estimate of drug-likeness (QED) is 0.789. The highest BCUT2D eigenvalue weighted by atomic mass is 19.4. The highest BCUT2D eigenvalue weighted by molar-refractivity contribution is 5.44. The molecular formula is C11H8F3N7. The summed E-state index contributed by atoms with van der Waals surface area (Å²) in [6, 6.07) is 4.61. The van der Waals surface area contributed by atoms with Crippen LogP contribution in [0.3, 0.4) is 0 Å². The van der Waals surface area contributed by atoms with E-state index in [4.69, 9.17) is 0 Å². The maximum Gasteiger partial charge on any atom is 0.453 e. The molecule has 0 radical (unpaired) electrons. The Morgan fingerprint density at radius 1 is 1.14 bits per heavy atom. The number of nitrogens with zero attached hydrogens (tertiary/aromatic N) is 6. The zero-order chi connectivity index (χ0) is 14.9. The number of halogens is 3. The third kappa shape index (κ3) is 2.73. The van der Waals surface area contributed by atoms with E-state index in [2.05, 4.69) is 30.6 Å². The number of fused-ring (bicyclic) bond motifs is 1. The molecular weight excluding hydrogens is 287 g/mol. The fraction of sp³-hybridized carbons (Fsp3) is 0.182. The van der Waals surface area contributed by atoms with Crippen molar-refractivity contribution in [2.45, 2.75) is 12.7 Å². The van der Waals surface area contributed by atoms with E-state index in [1.54, 1.807) is 12.3 Å². The Morgan fingerprint density at radius 3 is 2.71 bits per heavy atom. The Morgan fingerprint density at radius 2 is 2.00 bits per heavy atom. The molecule has 0 aromatic carbocycles. The van der Waals surface area contributed by atoms with Crippen LogP contribution in [-0.2, 0) is 12.7 Å². The van der Waals surface area contributed by atoms with Gasteiger partial charge in [0.15, 0.2) is 5.65 Å². The number of alkyl halides is 3. The normalized spacial score (nSPS) is 11.8. The third-order valence-corrected chi connectivity index (χ3v) is 2.61. The van der Waals surface area contributed by atoms with Crippen LogP contribution in [0.15, 0.2) is 30.7 Å². The van der Waals surface area contributed by atoms with Gasteiger partial charge in [0.1, 0.15) is 12.1 Å². The van der Waals surface area contributed by atoms with E-state index in [1.165, 1.54) is 18.5 Å². The molecule has 0 bridgehead atoms. The molecule has 0 spiro atoms. The van der Waals surface area contributed by atoms with E-state index in [0.29, 0.717) is 16.8 Å². The summed E-state index contributed by atoms with van der Waals surface area (Å²) in [7, 11) is 0. The summed E-state index contributed by atoms with van der Waals surface area (Å²) in [5, 5.41) is 13.2. The molecule has 0 saturated heterocycles. The zero-order valence-corrected chi connectivity index (χ0v) is 10.4. The van der Waals surface area contributed by atoms with Gasteiger partial charge >= 0.3 is 6.18 Å². The predicted molar refractivity (Wildman–Crippen MR) is 65.1 cm³/mol.